The van der Waals surface area contributed by atoms with Crippen molar-refractivity contribution in [1.82, 2.24) is 10.2 Å². The van der Waals surface area contributed by atoms with E-state index in [2.05, 4.69) is 40.0 Å². The van der Waals surface area contributed by atoms with Crippen LogP contribution in [-0.2, 0) is 0 Å². The Balaban J connectivity index is 2.39. The summed E-state index contributed by atoms with van der Waals surface area (Å²) in [5.41, 5.74) is 6.85. The van der Waals surface area contributed by atoms with Crippen LogP contribution in [0, 0.1) is 0 Å². The topological polar surface area (TPSA) is 58.4 Å². The number of benzene rings is 1. The third kappa shape index (κ3) is 5.20. The predicted octanol–water partition coefficient (Wildman–Crippen LogP) is 2.49. The fourth-order valence-electron chi connectivity index (χ4n) is 1.88. The Morgan fingerprint density at radius 3 is 2.63 bits per heavy atom. The van der Waals surface area contributed by atoms with E-state index in [-0.39, 0.29) is 5.91 Å². The summed E-state index contributed by atoms with van der Waals surface area (Å²) in [6.45, 7) is 8.05. The largest absolute Gasteiger partial charge is 0.398 e. The van der Waals surface area contributed by atoms with E-state index in [0.717, 1.165) is 30.5 Å². The van der Waals surface area contributed by atoms with E-state index in [1.165, 1.54) is 0 Å². The highest BCUT2D eigenvalue weighted by molar-refractivity contribution is 9.10. The van der Waals surface area contributed by atoms with Crippen LogP contribution in [0.1, 0.15) is 30.6 Å². The van der Waals surface area contributed by atoms with Gasteiger partial charge in [-0.3, -0.25) is 4.79 Å². The number of nitrogens with one attached hydrogen (secondary N) is 1. The van der Waals surface area contributed by atoms with Gasteiger partial charge in [0.1, 0.15) is 0 Å². The number of halogens is 1. The van der Waals surface area contributed by atoms with Crippen molar-refractivity contribution in [2.45, 2.75) is 20.3 Å². The average molecular weight is 328 g/mol. The zero-order chi connectivity index (χ0) is 14.3. The van der Waals surface area contributed by atoms with Gasteiger partial charge in [0.05, 0.1) is 5.56 Å². The van der Waals surface area contributed by atoms with Gasteiger partial charge >= 0.3 is 0 Å². The lowest BCUT2D eigenvalue weighted by atomic mass is 10.1. The van der Waals surface area contributed by atoms with Crippen molar-refractivity contribution < 1.29 is 4.79 Å². The van der Waals surface area contributed by atoms with Crippen LogP contribution in [0.2, 0.25) is 0 Å². The quantitative estimate of drug-likeness (QED) is 0.597. The van der Waals surface area contributed by atoms with E-state index >= 15 is 0 Å². The summed E-state index contributed by atoms with van der Waals surface area (Å²) in [7, 11) is 0. The molecule has 0 aliphatic rings. The number of carbonyl (C=O) groups is 1. The Bertz CT molecular complexity index is 419. The van der Waals surface area contributed by atoms with Crippen molar-refractivity contribution in [3.63, 3.8) is 0 Å². The van der Waals surface area contributed by atoms with Crippen molar-refractivity contribution in [3.8, 4) is 0 Å². The molecule has 0 radical (unpaired) electrons. The van der Waals surface area contributed by atoms with Gasteiger partial charge in [-0.25, -0.2) is 0 Å². The van der Waals surface area contributed by atoms with E-state index in [4.69, 9.17) is 5.73 Å². The molecular formula is C14H22BrN3O. The van der Waals surface area contributed by atoms with Crippen LogP contribution in [0.5, 0.6) is 0 Å². The van der Waals surface area contributed by atoms with Gasteiger partial charge in [0.25, 0.3) is 5.91 Å². The van der Waals surface area contributed by atoms with Crippen LogP contribution in [0.15, 0.2) is 22.7 Å². The second-order valence-corrected chi connectivity index (χ2v) is 5.28. The standard InChI is InChI=1S/C14H22BrN3O/c1-3-18(4-2)9-5-8-17-14(19)12-7-6-11(15)10-13(12)16/h6-7,10H,3-5,8-9,16H2,1-2H3,(H,17,19). The van der Waals surface area contributed by atoms with Crippen molar-refractivity contribution in [1.29, 1.82) is 0 Å². The van der Waals surface area contributed by atoms with Gasteiger partial charge in [-0.15, -0.1) is 0 Å². The molecule has 0 heterocycles. The van der Waals surface area contributed by atoms with Crippen molar-refractivity contribution in [3.05, 3.63) is 28.2 Å². The van der Waals surface area contributed by atoms with Crippen molar-refractivity contribution in [2.75, 3.05) is 31.9 Å². The molecule has 0 unspecified atom stereocenters. The number of amides is 1. The van der Waals surface area contributed by atoms with Gasteiger partial charge in [0.2, 0.25) is 0 Å². The summed E-state index contributed by atoms with van der Waals surface area (Å²) in [5, 5.41) is 2.90. The molecule has 0 aliphatic carbocycles. The molecule has 0 saturated carbocycles. The molecule has 0 aliphatic heterocycles. The van der Waals surface area contributed by atoms with Gasteiger partial charge in [-0.2, -0.15) is 0 Å². The number of carbonyl (C=O) groups excluding carboxylic acids is 1. The second kappa shape index (κ2) is 8.17. The molecule has 1 rings (SSSR count). The normalized spacial score (nSPS) is 10.7. The molecule has 19 heavy (non-hydrogen) atoms. The van der Waals surface area contributed by atoms with Crippen LogP contribution < -0.4 is 11.1 Å². The third-order valence-electron chi connectivity index (χ3n) is 3.09. The molecule has 4 nitrogen and oxygen atoms in total. The highest BCUT2D eigenvalue weighted by atomic mass is 79.9. The molecule has 0 atom stereocenters. The molecule has 0 spiro atoms. The molecule has 1 aromatic rings. The zero-order valence-corrected chi connectivity index (χ0v) is 13.2. The highest BCUT2D eigenvalue weighted by Crippen LogP contribution is 2.18. The minimum Gasteiger partial charge on any atom is -0.398 e. The van der Waals surface area contributed by atoms with Gasteiger partial charge in [0, 0.05) is 16.7 Å². The van der Waals surface area contributed by atoms with Gasteiger partial charge in [-0.1, -0.05) is 29.8 Å². The highest BCUT2D eigenvalue weighted by Gasteiger charge is 2.09. The molecule has 0 bridgehead atoms. The maximum absolute atomic E-state index is 11.9. The summed E-state index contributed by atoms with van der Waals surface area (Å²) in [5.74, 6) is -0.107. The van der Waals surface area contributed by atoms with Crippen molar-refractivity contribution in [2.24, 2.45) is 0 Å². The molecule has 0 fully saturated rings. The molecular weight excluding hydrogens is 306 g/mol. The van der Waals surface area contributed by atoms with E-state index < -0.39 is 0 Å². The van der Waals surface area contributed by atoms with E-state index in [0.29, 0.717) is 17.8 Å². The Morgan fingerprint density at radius 1 is 1.37 bits per heavy atom. The lowest BCUT2D eigenvalue weighted by Gasteiger charge is -2.17. The number of nitrogens with two attached hydrogens (primary N) is 1. The molecule has 5 heteroatoms. The molecule has 0 saturated heterocycles. The molecule has 3 N–H and O–H groups in total. The number of nitrogen functional groups attached to an aromatic ring is 1. The van der Waals surface area contributed by atoms with Gasteiger partial charge < -0.3 is 16.0 Å². The van der Waals surface area contributed by atoms with Crippen LogP contribution in [-0.4, -0.2) is 37.0 Å². The van der Waals surface area contributed by atoms with Crippen LogP contribution in [0.25, 0.3) is 0 Å². The fraction of sp³-hybridized carbons (Fsp3) is 0.500. The smallest absolute Gasteiger partial charge is 0.253 e. The van der Waals surface area contributed by atoms with E-state index in [1.807, 2.05) is 6.07 Å². The SMILES string of the molecule is CCN(CC)CCCNC(=O)c1ccc(Br)cc1N. The monoisotopic (exact) mass is 327 g/mol. The van der Waals surface area contributed by atoms with Crippen LogP contribution in [0.4, 0.5) is 5.69 Å². The number of nitrogens with zero attached hydrogens (tertiary/aromatic N) is 1. The van der Waals surface area contributed by atoms with Crippen LogP contribution in [0.3, 0.4) is 0 Å². The predicted molar refractivity (Wildman–Crippen MR) is 83.3 cm³/mol. The van der Waals surface area contributed by atoms with Gasteiger partial charge in [0.15, 0.2) is 0 Å². The van der Waals surface area contributed by atoms with Crippen LogP contribution >= 0.6 is 15.9 Å². The third-order valence-corrected chi connectivity index (χ3v) is 3.58. The summed E-state index contributed by atoms with van der Waals surface area (Å²) >= 11 is 3.32. The summed E-state index contributed by atoms with van der Waals surface area (Å²) < 4.78 is 0.878. The maximum Gasteiger partial charge on any atom is 0.253 e. The Morgan fingerprint density at radius 2 is 2.05 bits per heavy atom. The lowest BCUT2D eigenvalue weighted by Crippen LogP contribution is -2.30. The number of hydrogen-bond acceptors (Lipinski definition) is 3. The zero-order valence-electron chi connectivity index (χ0n) is 11.6. The molecule has 1 aromatic carbocycles. The molecule has 106 valence electrons. The minimum atomic E-state index is -0.107. The molecule has 0 aromatic heterocycles. The van der Waals surface area contributed by atoms with E-state index in [1.54, 1.807) is 12.1 Å². The first-order valence-electron chi connectivity index (χ1n) is 6.64. The Kier molecular flexibility index (Phi) is 6.87. The minimum absolute atomic E-state index is 0.107. The fourth-order valence-corrected chi connectivity index (χ4v) is 2.26. The first-order valence-corrected chi connectivity index (χ1v) is 7.43. The second-order valence-electron chi connectivity index (χ2n) is 4.37. The molecule has 1 amide bonds. The summed E-state index contributed by atoms with van der Waals surface area (Å²) in [6.07, 6.45) is 0.948. The number of hydrogen-bond donors (Lipinski definition) is 2. The lowest BCUT2D eigenvalue weighted by molar-refractivity contribution is 0.0952. The van der Waals surface area contributed by atoms with Gasteiger partial charge in [-0.05, 0) is 44.3 Å². The summed E-state index contributed by atoms with van der Waals surface area (Å²) in [4.78, 5) is 14.3. The number of anilines is 1. The first-order chi connectivity index (χ1) is 9.08. The Hall–Kier alpha value is -1.07. The number of rotatable bonds is 7. The maximum atomic E-state index is 11.9. The summed E-state index contributed by atoms with van der Waals surface area (Å²) in [6, 6.07) is 5.30. The van der Waals surface area contributed by atoms with E-state index in [9.17, 15) is 4.79 Å². The first kappa shape index (κ1) is 16.0. The average Bonchev–Trinajstić information content (AvgIpc) is 2.38. The Labute approximate surface area is 123 Å². The van der Waals surface area contributed by atoms with Crippen molar-refractivity contribution >= 4 is 27.5 Å².